The topological polar surface area (TPSA) is 102 Å². The van der Waals surface area contributed by atoms with E-state index in [0.29, 0.717) is 24.2 Å². The highest BCUT2D eigenvalue weighted by molar-refractivity contribution is 7.17. The molecule has 0 unspecified atom stereocenters. The Kier molecular flexibility index (Phi) is 7.20. The SMILES string of the molecule is COc1cccc(CCN=C(N)Nc2nc(-c3ccc(CNC(C)=O)s3)cs2)c1. The van der Waals surface area contributed by atoms with Gasteiger partial charge in [-0.05, 0) is 36.2 Å². The summed E-state index contributed by atoms with van der Waals surface area (Å²) in [5.74, 6) is 1.13. The third-order valence-corrected chi connectivity index (χ3v) is 5.85. The van der Waals surface area contributed by atoms with Gasteiger partial charge in [0.2, 0.25) is 5.91 Å². The standard InChI is InChI=1S/C20H23N5O2S2/c1-13(26)23-11-16-6-7-18(29-16)17-12-28-20(24-17)25-19(21)22-9-8-14-4-3-5-15(10-14)27-2/h3-7,10,12H,8-9,11H2,1-2H3,(H,23,26)(H3,21,22,24,25). The number of ether oxygens (including phenoxy) is 1. The number of thiophene rings is 1. The smallest absolute Gasteiger partial charge is 0.217 e. The van der Waals surface area contributed by atoms with E-state index in [1.54, 1.807) is 18.4 Å². The molecule has 3 aromatic rings. The minimum absolute atomic E-state index is 0.0405. The molecule has 0 radical (unpaired) electrons. The number of aliphatic imine (C=N–C) groups is 1. The van der Waals surface area contributed by atoms with Crippen LogP contribution in [0.1, 0.15) is 17.4 Å². The lowest BCUT2D eigenvalue weighted by Gasteiger charge is -2.04. The first-order valence-corrected chi connectivity index (χ1v) is 10.7. The van der Waals surface area contributed by atoms with Gasteiger partial charge in [0.1, 0.15) is 5.75 Å². The zero-order valence-electron chi connectivity index (χ0n) is 16.3. The summed E-state index contributed by atoms with van der Waals surface area (Å²) in [4.78, 5) is 22.1. The fourth-order valence-electron chi connectivity index (χ4n) is 2.55. The Morgan fingerprint density at radius 2 is 2.17 bits per heavy atom. The Morgan fingerprint density at radius 1 is 1.31 bits per heavy atom. The van der Waals surface area contributed by atoms with Gasteiger partial charge in [0.15, 0.2) is 11.1 Å². The summed E-state index contributed by atoms with van der Waals surface area (Å²) in [6.45, 7) is 2.61. The van der Waals surface area contributed by atoms with Crippen LogP contribution in [0, 0.1) is 0 Å². The second kappa shape index (κ2) is 10.0. The number of methoxy groups -OCH3 is 1. The van der Waals surface area contributed by atoms with E-state index < -0.39 is 0 Å². The van der Waals surface area contributed by atoms with E-state index in [2.05, 4.69) is 20.6 Å². The Morgan fingerprint density at radius 3 is 2.97 bits per heavy atom. The van der Waals surface area contributed by atoms with Gasteiger partial charge in [-0.3, -0.25) is 9.79 Å². The van der Waals surface area contributed by atoms with Gasteiger partial charge >= 0.3 is 0 Å². The number of nitrogens with zero attached hydrogens (tertiary/aromatic N) is 2. The highest BCUT2D eigenvalue weighted by Gasteiger charge is 2.09. The normalized spacial score (nSPS) is 11.3. The van der Waals surface area contributed by atoms with Gasteiger partial charge in [0.25, 0.3) is 0 Å². The molecular weight excluding hydrogens is 406 g/mol. The summed E-state index contributed by atoms with van der Waals surface area (Å²) < 4.78 is 5.23. The Hall–Kier alpha value is -2.91. The maximum absolute atomic E-state index is 11.0. The molecule has 0 bridgehead atoms. The van der Waals surface area contributed by atoms with Crippen LogP contribution in [-0.2, 0) is 17.8 Å². The van der Waals surface area contributed by atoms with Crippen molar-refractivity contribution in [1.29, 1.82) is 0 Å². The van der Waals surface area contributed by atoms with Crippen LogP contribution in [0.15, 0.2) is 46.8 Å². The van der Waals surface area contributed by atoms with Crippen LogP contribution in [0.3, 0.4) is 0 Å². The van der Waals surface area contributed by atoms with E-state index in [9.17, 15) is 4.79 Å². The van der Waals surface area contributed by atoms with Gasteiger partial charge in [0, 0.05) is 23.7 Å². The zero-order chi connectivity index (χ0) is 20.6. The number of guanidine groups is 1. The number of aromatic nitrogens is 1. The van der Waals surface area contributed by atoms with Crippen LogP contribution in [0.4, 0.5) is 5.13 Å². The molecule has 3 rings (SSSR count). The zero-order valence-corrected chi connectivity index (χ0v) is 17.9. The van der Waals surface area contributed by atoms with E-state index in [4.69, 9.17) is 10.5 Å². The third-order valence-electron chi connectivity index (χ3n) is 3.98. The molecule has 1 aromatic carbocycles. The molecular formula is C20H23N5O2S2. The lowest BCUT2D eigenvalue weighted by Crippen LogP contribution is -2.23. The molecule has 7 nitrogen and oxygen atoms in total. The van der Waals surface area contributed by atoms with Crippen molar-refractivity contribution in [2.24, 2.45) is 10.7 Å². The average Bonchev–Trinajstić information content (AvgIpc) is 3.36. The van der Waals surface area contributed by atoms with Gasteiger partial charge in [-0.25, -0.2) is 4.98 Å². The highest BCUT2D eigenvalue weighted by atomic mass is 32.1. The van der Waals surface area contributed by atoms with Crippen LogP contribution >= 0.6 is 22.7 Å². The molecule has 29 heavy (non-hydrogen) atoms. The molecule has 0 fully saturated rings. The molecule has 9 heteroatoms. The van der Waals surface area contributed by atoms with Crippen molar-refractivity contribution in [2.45, 2.75) is 19.9 Å². The number of nitrogens with two attached hydrogens (primary N) is 1. The molecule has 0 saturated heterocycles. The van der Waals surface area contributed by atoms with E-state index >= 15 is 0 Å². The maximum Gasteiger partial charge on any atom is 0.217 e. The predicted molar refractivity (Wildman–Crippen MR) is 120 cm³/mol. The third kappa shape index (κ3) is 6.30. The summed E-state index contributed by atoms with van der Waals surface area (Å²) in [5.41, 5.74) is 8.01. The quantitative estimate of drug-likeness (QED) is 0.376. The number of rotatable bonds is 8. The minimum atomic E-state index is -0.0405. The van der Waals surface area contributed by atoms with Gasteiger partial charge in [-0.2, -0.15) is 0 Å². The summed E-state index contributed by atoms with van der Waals surface area (Å²) in [5, 5.41) is 8.51. The predicted octanol–water partition coefficient (Wildman–Crippen LogP) is 3.49. The molecule has 0 saturated carbocycles. The first-order chi connectivity index (χ1) is 14.0. The van der Waals surface area contributed by atoms with Gasteiger partial charge in [-0.15, -0.1) is 22.7 Å². The monoisotopic (exact) mass is 429 g/mol. The number of carbonyl (C=O) groups is 1. The summed E-state index contributed by atoms with van der Waals surface area (Å²) in [6, 6.07) is 11.9. The fraction of sp³-hybridized carbons (Fsp3) is 0.250. The number of hydrogen-bond acceptors (Lipinski definition) is 6. The molecule has 2 aromatic heterocycles. The number of benzene rings is 1. The van der Waals surface area contributed by atoms with Crippen molar-refractivity contribution >= 4 is 39.7 Å². The summed E-state index contributed by atoms with van der Waals surface area (Å²) in [7, 11) is 1.65. The van der Waals surface area contributed by atoms with Crippen LogP contribution < -0.4 is 21.1 Å². The van der Waals surface area contributed by atoms with E-state index in [1.807, 2.05) is 41.8 Å². The Balaban J connectivity index is 1.53. The number of amides is 1. The van der Waals surface area contributed by atoms with Gasteiger partial charge < -0.3 is 21.1 Å². The van der Waals surface area contributed by atoms with Crippen molar-refractivity contribution in [3.8, 4) is 16.3 Å². The minimum Gasteiger partial charge on any atom is -0.497 e. The molecule has 0 aliphatic carbocycles. The number of carbonyl (C=O) groups excluding carboxylic acids is 1. The number of thiazole rings is 1. The molecule has 1 amide bonds. The van der Waals surface area contributed by atoms with E-state index in [0.717, 1.165) is 33.2 Å². The summed E-state index contributed by atoms with van der Waals surface area (Å²) >= 11 is 3.08. The highest BCUT2D eigenvalue weighted by Crippen LogP contribution is 2.30. The van der Waals surface area contributed by atoms with Crippen LogP contribution in [0.5, 0.6) is 5.75 Å². The Bertz CT molecular complexity index is 996. The van der Waals surface area contributed by atoms with Gasteiger partial charge in [0.05, 0.1) is 24.2 Å². The molecule has 0 aliphatic rings. The van der Waals surface area contributed by atoms with E-state index in [1.165, 1.54) is 18.3 Å². The lowest BCUT2D eigenvalue weighted by atomic mass is 10.1. The van der Waals surface area contributed by atoms with Crippen LogP contribution in [0.25, 0.3) is 10.6 Å². The molecule has 0 aliphatic heterocycles. The summed E-state index contributed by atoms with van der Waals surface area (Å²) in [6.07, 6.45) is 0.773. The van der Waals surface area contributed by atoms with Crippen molar-refractivity contribution < 1.29 is 9.53 Å². The van der Waals surface area contributed by atoms with Crippen LogP contribution in [0.2, 0.25) is 0 Å². The lowest BCUT2D eigenvalue weighted by molar-refractivity contribution is -0.119. The van der Waals surface area contributed by atoms with Crippen molar-refractivity contribution in [1.82, 2.24) is 10.3 Å². The first-order valence-electron chi connectivity index (χ1n) is 9.02. The maximum atomic E-state index is 11.0. The molecule has 4 N–H and O–H groups in total. The fourth-order valence-corrected chi connectivity index (χ4v) is 4.25. The average molecular weight is 430 g/mol. The Labute approximate surface area is 177 Å². The van der Waals surface area contributed by atoms with Crippen molar-refractivity contribution in [2.75, 3.05) is 19.0 Å². The number of hydrogen-bond donors (Lipinski definition) is 3. The van der Waals surface area contributed by atoms with Gasteiger partial charge in [-0.1, -0.05) is 12.1 Å². The van der Waals surface area contributed by atoms with Crippen molar-refractivity contribution in [3.63, 3.8) is 0 Å². The first kappa shape index (κ1) is 20.8. The number of nitrogens with one attached hydrogen (secondary N) is 2. The largest absolute Gasteiger partial charge is 0.497 e. The van der Waals surface area contributed by atoms with Crippen LogP contribution in [-0.4, -0.2) is 30.5 Å². The van der Waals surface area contributed by atoms with Crippen molar-refractivity contribution in [3.05, 3.63) is 52.2 Å². The molecule has 0 spiro atoms. The second-order valence-electron chi connectivity index (χ2n) is 6.21. The van der Waals surface area contributed by atoms with E-state index in [-0.39, 0.29) is 5.91 Å². The number of anilines is 1. The molecule has 152 valence electrons. The molecule has 2 heterocycles. The second-order valence-corrected chi connectivity index (χ2v) is 8.23. The molecule has 0 atom stereocenters.